The summed E-state index contributed by atoms with van der Waals surface area (Å²) in [5.41, 5.74) is -1.38. The van der Waals surface area contributed by atoms with Crippen LogP contribution < -0.4 is 0 Å². The van der Waals surface area contributed by atoms with Crippen LogP contribution in [-0.4, -0.2) is 23.3 Å². The van der Waals surface area contributed by atoms with Gasteiger partial charge in [0.25, 0.3) is 0 Å². The number of aliphatic hydroxyl groups is 1. The molecule has 0 aromatic carbocycles. The van der Waals surface area contributed by atoms with Crippen LogP contribution in [-0.2, 0) is 9.53 Å². The Kier molecular flexibility index (Phi) is 14.1. The number of carbonyl (C=O) groups excluding carboxylic acids is 1. The lowest BCUT2D eigenvalue weighted by Gasteiger charge is -2.18. The van der Waals surface area contributed by atoms with Gasteiger partial charge in [-0.3, -0.25) is 0 Å². The molecule has 27 heavy (non-hydrogen) atoms. The first-order valence-corrected chi connectivity index (χ1v) is 11.4. The molecule has 162 valence electrons. The van der Waals surface area contributed by atoms with E-state index >= 15 is 0 Å². The van der Waals surface area contributed by atoms with Crippen molar-refractivity contribution in [3.05, 3.63) is 0 Å². The van der Waals surface area contributed by atoms with Crippen LogP contribution >= 0.6 is 0 Å². The Hall–Kier alpha value is -0.570. The van der Waals surface area contributed by atoms with E-state index in [-0.39, 0.29) is 0 Å². The van der Waals surface area contributed by atoms with Crippen molar-refractivity contribution >= 4 is 5.97 Å². The monoisotopic (exact) mass is 384 g/mol. The van der Waals surface area contributed by atoms with E-state index in [2.05, 4.69) is 34.6 Å². The summed E-state index contributed by atoms with van der Waals surface area (Å²) in [5.74, 6) is 2.57. The van der Waals surface area contributed by atoms with Crippen molar-refractivity contribution in [2.75, 3.05) is 6.61 Å². The van der Waals surface area contributed by atoms with E-state index in [1.165, 1.54) is 71.6 Å². The third kappa shape index (κ3) is 16.1. The van der Waals surface area contributed by atoms with Crippen LogP contribution in [0, 0.1) is 23.7 Å². The van der Waals surface area contributed by atoms with Crippen LogP contribution in [0.15, 0.2) is 0 Å². The van der Waals surface area contributed by atoms with Gasteiger partial charge in [0.15, 0.2) is 5.60 Å². The summed E-state index contributed by atoms with van der Waals surface area (Å²) in [5, 5.41) is 9.55. The molecule has 0 aromatic heterocycles. The molecule has 3 atom stereocenters. The zero-order valence-electron chi connectivity index (χ0n) is 19.4. The number of esters is 1. The smallest absolute Gasteiger partial charge is 0.337 e. The molecule has 0 aromatic rings. The first-order valence-electron chi connectivity index (χ1n) is 11.4. The molecule has 0 saturated carbocycles. The molecular formula is C24H48O3. The van der Waals surface area contributed by atoms with E-state index in [0.717, 1.165) is 24.2 Å². The molecule has 0 radical (unpaired) electrons. The van der Waals surface area contributed by atoms with Crippen molar-refractivity contribution in [3.63, 3.8) is 0 Å². The molecule has 3 heteroatoms. The van der Waals surface area contributed by atoms with Gasteiger partial charge >= 0.3 is 5.97 Å². The molecule has 0 amide bonds. The van der Waals surface area contributed by atoms with Crippen LogP contribution in [0.5, 0.6) is 0 Å². The van der Waals surface area contributed by atoms with Crippen molar-refractivity contribution < 1.29 is 14.6 Å². The Bertz CT molecular complexity index is 370. The molecule has 3 nitrogen and oxygen atoms in total. The lowest BCUT2D eigenvalue weighted by molar-refractivity contribution is -0.162. The molecule has 0 aliphatic carbocycles. The highest BCUT2D eigenvalue weighted by Gasteiger charge is 2.25. The van der Waals surface area contributed by atoms with Crippen LogP contribution in [0.3, 0.4) is 0 Å². The van der Waals surface area contributed by atoms with Gasteiger partial charge in [-0.2, -0.15) is 0 Å². The van der Waals surface area contributed by atoms with Gasteiger partial charge in [-0.05, 0) is 43.9 Å². The Labute approximate surface area is 169 Å². The maximum absolute atomic E-state index is 11.5. The average Bonchev–Trinajstić information content (AvgIpc) is 2.53. The van der Waals surface area contributed by atoms with E-state index in [1.807, 2.05) is 0 Å². The van der Waals surface area contributed by atoms with Crippen molar-refractivity contribution in [1.29, 1.82) is 0 Å². The van der Waals surface area contributed by atoms with Gasteiger partial charge < -0.3 is 9.84 Å². The molecule has 0 saturated heterocycles. The van der Waals surface area contributed by atoms with E-state index < -0.39 is 11.6 Å². The maximum atomic E-state index is 11.5. The van der Waals surface area contributed by atoms with E-state index in [0.29, 0.717) is 12.5 Å². The predicted octanol–water partition coefficient (Wildman–Crippen LogP) is 6.77. The van der Waals surface area contributed by atoms with Crippen LogP contribution in [0.1, 0.15) is 113 Å². The lowest BCUT2D eigenvalue weighted by Crippen LogP contribution is -2.33. The molecule has 0 aliphatic rings. The maximum Gasteiger partial charge on any atom is 0.337 e. The van der Waals surface area contributed by atoms with Crippen molar-refractivity contribution in [3.8, 4) is 0 Å². The average molecular weight is 385 g/mol. The van der Waals surface area contributed by atoms with Gasteiger partial charge in [0, 0.05) is 0 Å². The second-order valence-electron chi connectivity index (χ2n) is 9.99. The quantitative estimate of drug-likeness (QED) is 0.299. The molecule has 3 unspecified atom stereocenters. The lowest BCUT2D eigenvalue weighted by atomic mass is 9.91. The Balaban J connectivity index is 3.64. The minimum absolute atomic E-state index is 0.411. The summed E-state index contributed by atoms with van der Waals surface area (Å²) in [7, 11) is 0. The third-order valence-electron chi connectivity index (χ3n) is 5.61. The second-order valence-corrected chi connectivity index (χ2v) is 9.99. The third-order valence-corrected chi connectivity index (χ3v) is 5.61. The number of carbonyl (C=O) groups is 1. The van der Waals surface area contributed by atoms with Gasteiger partial charge in [-0.1, -0.05) is 92.4 Å². The van der Waals surface area contributed by atoms with Crippen molar-refractivity contribution in [2.24, 2.45) is 23.7 Å². The van der Waals surface area contributed by atoms with Gasteiger partial charge in [-0.25, -0.2) is 4.79 Å². The van der Waals surface area contributed by atoms with E-state index in [9.17, 15) is 9.90 Å². The standard InChI is InChI=1S/C24H48O3/c1-19(2)11-8-12-20(3)13-9-14-21(4)15-10-16-22(5)17-18-27-23(25)24(6,7)26/h19-22,26H,8-18H2,1-7H3. The highest BCUT2D eigenvalue weighted by molar-refractivity contribution is 5.78. The van der Waals surface area contributed by atoms with Crippen LogP contribution in [0.2, 0.25) is 0 Å². The zero-order chi connectivity index (χ0) is 20.9. The Morgan fingerprint density at radius 3 is 1.48 bits per heavy atom. The topological polar surface area (TPSA) is 46.5 Å². The van der Waals surface area contributed by atoms with Gasteiger partial charge in [0.05, 0.1) is 6.61 Å². The largest absolute Gasteiger partial charge is 0.464 e. The fraction of sp³-hybridized carbons (Fsp3) is 0.958. The number of hydrogen-bond donors (Lipinski definition) is 1. The van der Waals surface area contributed by atoms with Gasteiger partial charge in [0.2, 0.25) is 0 Å². The minimum Gasteiger partial charge on any atom is -0.464 e. The zero-order valence-corrected chi connectivity index (χ0v) is 19.4. The minimum atomic E-state index is -1.38. The summed E-state index contributed by atoms with van der Waals surface area (Å²) in [6.07, 6.45) is 12.9. The SMILES string of the molecule is CC(C)CCCC(C)CCCC(C)CCCC(C)CCOC(=O)C(C)(C)O. The van der Waals surface area contributed by atoms with Crippen molar-refractivity contribution in [1.82, 2.24) is 0 Å². The summed E-state index contributed by atoms with van der Waals surface area (Å²) in [4.78, 5) is 11.5. The highest BCUT2D eigenvalue weighted by Crippen LogP contribution is 2.22. The van der Waals surface area contributed by atoms with E-state index in [4.69, 9.17) is 4.74 Å². The summed E-state index contributed by atoms with van der Waals surface area (Å²) in [6.45, 7) is 15.0. The number of ether oxygens (including phenoxy) is 1. The van der Waals surface area contributed by atoms with Crippen molar-refractivity contribution in [2.45, 2.75) is 118 Å². The van der Waals surface area contributed by atoms with Gasteiger partial charge in [-0.15, -0.1) is 0 Å². The molecule has 0 fully saturated rings. The Morgan fingerprint density at radius 1 is 0.741 bits per heavy atom. The summed E-state index contributed by atoms with van der Waals surface area (Å²) in [6, 6.07) is 0. The van der Waals surface area contributed by atoms with Crippen LogP contribution in [0.25, 0.3) is 0 Å². The molecule has 0 rings (SSSR count). The molecule has 0 aliphatic heterocycles. The summed E-state index contributed by atoms with van der Waals surface area (Å²) < 4.78 is 5.13. The summed E-state index contributed by atoms with van der Waals surface area (Å²) >= 11 is 0. The number of hydrogen-bond acceptors (Lipinski definition) is 3. The molecular weight excluding hydrogens is 336 g/mol. The highest BCUT2D eigenvalue weighted by atomic mass is 16.5. The number of rotatable bonds is 16. The fourth-order valence-corrected chi connectivity index (χ4v) is 3.47. The Morgan fingerprint density at radius 2 is 1.11 bits per heavy atom. The second kappa shape index (κ2) is 14.4. The molecule has 0 heterocycles. The van der Waals surface area contributed by atoms with Crippen LogP contribution in [0.4, 0.5) is 0 Å². The molecule has 0 bridgehead atoms. The van der Waals surface area contributed by atoms with E-state index in [1.54, 1.807) is 0 Å². The molecule has 0 spiro atoms. The normalized spacial score (nSPS) is 15.6. The first-order chi connectivity index (χ1) is 12.5. The predicted molar refractivity (Wildman–Crippen MR) is 116 cm³/mol. The van der Waals surface area contributed by atoms with Gasteiger partial charge in [0.1, 0.15) is 0 Å². The first kappa shape index (κ1) is 26.4. The molecule has 1 N–H and O–H groups in total. The fourth-order valence-electron chi connectivity index (χ4n) is 3.47.